The molecular formula is C26H26N2O4. The molecule has 0 saturated heterocycles. The number of benzene rings is 3. The van der Waals surface area contributed by atoms with Crippen LogP contribution in [0.2, 0.25) is 0 Å². The number of fused-ring (bicyclic) bond motifs is 1. The van der Waals surface area contributed by atoms with Crippen molar-refractivity contribution >= 4 is 17.5 Å². The predicted molar refractivity (Wildman–Crippen MR) is 124 cm³/mol. The minimum absolute atomic E-state index is 0.0315. The van der Waals surface area contributed by atoms with Crippen LogP contribution in [0.5, 0.6) is 5.75 Å². The van der Waals surface area contributed by atoms with Crippen LogP contribution in [0.3, 0.4) is 0 Å². The largest absolute Gasteiger partial charge is 0.497 e. The van der Waals surface area contributed by atoms with Gasteiger partial charge in [-0.15, -0.1) is 0 Å². The fraction of sp³-hybridized carbons (Fsp3) is 0.231. The standard InChI is InChI=1S/C26H26N2O4/c1-27(2)26(30)20-6-4-18(5-7-20)15-28-24-13-10-21(14-22(24)16-32-17-25(28)29)19-8-11-23(31-3)12-9-19/h4-14H,15-17H2,1-3H3. The Hall–Kier alpha value is -3.64. The highest BCUT2D eigenvalue weighted by Gasteiger charge is 2.23. The predicted octanol–water partition coefficient (Wildman–Crippen LogP) is 4.13. The number of amides is 2. The molecule has 0 bridgehead atoms. The van der Waals surface area contributed by atoms with Gasteiger partial charge in [-0.05, 0) is 53.1 Å². The van der Waals surface area contributed by atoms with Gasteiger partial charge >= 0.3 is 0 Å². The van der Waals surface area contributed by atoms with E-state index in [0.29, 0.717) is 18.7 Å². The minimum atomic E-state index is -0.0885. The Bertz CT molecular complexity index is 1120. The third kappa shape index (κ3) is 4.50. The fourth-order valence-corrected chi connectivity index (χ4v) is 3.75. The van der Waals surface area contributed by atoms with Crippen LogP contribution in [0.25, 0.3) is 11.1 Å². The van der Waals surface area contributed by atoms with Gasteiger partial charge in [0.25, 0.3) is 11.8 Å². The molecule has 6 heteroatoms. The van der Waals surface area contributed by atoms with Crippen molar-refractivity contribution in [3.05, 3.63) is 83.4 Å². The number of carbonyl (C=O) groups is 2. The van der Waals surface area contributed by atoms with Crippen LogP contribution < -0.4 is 9.64 Å². The number of anilines is 1. The average Bonchev–Trinajstić information content (AvgIpc) is 2.97. The van der Waals surface area contributed by atoms with E-state index >= 15 is 0 Å². The Labute approximate surface area is 188 Å². The molecule has 2 amide bonds. The number of hydrogen-bond acceptors (Lipinski definition) is 4. The molecule has 3 aromatic carbocycles. The van der Waals surface area contributed by atoms with Gasteiger partial charge < -0.3 is 19.3 Å². The number of rotatable bonds is 5. The molecule has 1 aliphatic heterocycles. The Morgan fingerprint density at radius 2 is 1.66 bits per heavy atom. The van der Waals surface area contributed by atoms with Crippen LogP contribution in [-0.2, 0) is 22.7 Å². The highest BCUT2D eigenvalue weighted by Crippen LogP contribution is 2.32. The lowest BCUT2D eigenvalue weighted by Gasteiger charge is -2.23. The first-order chi connectivity index (χ1) is 15.5. The molecule has 0 aromatic heterocycles. The molecule has 6 nitrogen and oxygen atoms in total. The van der Waals surface area contributed by atoms with Gasteiger partial charge in [0.05, 0.1) is 20.3 Å². The van der Waals surface area contributed by atoms with E-state index in [4.69, 9.17) is 9.47 Å². The van der Waals surface area contributed by atoms with Crippen LogP contribution in [0.1, 0.15) is 21.5 Å². The summed E-state index contributed by atoms with van der Waals surface area (Å²) in [5, 5.41) is 0. The molecule has 0 N–H and O–H groups in total. The molecular weight excluding hydrogens is 404 g/mol. The lowest BCUT2D eigenvalue weighted by molar-refractivity contribution is -0.123. The van der Waals surface area contributed by atoms with E-state index in [-0.39, 0.29) is 18.4 Å². The molecule has 0 radical (unpaired) electrons. The van der Waals surface area contributed by atoms with Crippen molar-refractivity contribution < 1.29 is 19.1 Å². The van der Waals surface area contributed by atoms with E-state index < -0.39 is 0 Å². The maximum absolute atomic E-state index is 12.8. The summed E-state index contributed by atoms with van der Waals surface area (Å²) < 4.78 is 10.9. The van der Waals surface area contributed by atoms with Gasteiger partial charge in [-0.2, -0.15) is 0 Å². The quantitative estimate of drug-likeness (QED) is 0.611. The van der Waals surface area contributed by atoms with E-state index in [1.165, 1.54) is 0 Å². The second-order valence-electron chi connectivity index (χ2n) is 7.94. The molecule has 164 valence electrons. The molecule has 1 aliphatic rings. The highest BCUT2D eigenvalue weighted by atomic mass is 16.5. The zero-order valence-corrected chi connectivity index (χ0v) is 18.5. The van der Waals surface area contributed by atoms with E-state index in [1.807, 2.05) is 48.5 Å². The van der Waals surface area contributed by atoms with Crippen molar-refractivity contribution in [2.45, 2.75) is 13.2 Å². The first-order valence-corrected chi connectivity index (χ1v) is 10.4. The van der Waals surface area contributed by atoms with Crippen molar-refractivity contribution in [3.63, 3.8) is 0 Å². The first-order valence-electron chi connectivity index (χ1n) is 10.4. The first kappa shape index (κ1) is 21.6. The van der Waals surface area contributed by atoms with Crippen molar-refractivity contribution in [1.82, 2.24) is 4.90 Å². The molecule has 0 fully saturated rings. The van der Waals surface area contributed by atoms with Gasteiger partial charge in [-0.25, -0.2) is 0 Å². The van der Waals surface area contributed by atoms with Crippen LogP contribution in [-0.4, -0.2) is 44.5 Å². The molecule has 3 aromatic rings. The van der Waals surface area contributed by atoms with Gasteiger partial charge in [-0.3, -0.25) is 9.59 Å². The number of carbonyl (C=O) groups excluding carboxylic acids is 2. The molecule has 0 saturated carbocycles. The number of hydrogen-bond donors (Lipinski definition) is 0. The zero-order chi connectivity index (χ0) is 22.7. The van der Waals surface area contributed by atoms with E-state index in [1.54, 1.807) is 43.1 Å². The second kappa shape index (κ2) is 9.24. The molecule has 4 rings (SSSR count). The van der Waals surface area contributed by atoms with Crippen molar-refractivity contribution in [2.75, 3.05) is 32.7 Å². The van der Waals surface area contributed by atoms with Crippen LogP contribution in [0.4, 0.5) is 5.69 Å². The third-order valence-electron chi connectivity index (χ3n) is 5.53. The Balaban J connectivity index is 1.61. The van der Waals surface area contributed by atoms with Crippen molar-refractivity contribution in [2.24, 2.45) is 0 Å². The summed E-state index contributed by atoms with van der Waals surface area (Å²) in [7, 11) is 5.10. The molecule has 0 atom stereocenters. The summed E-state index contributed by atoms with van der Waals surface area (Å²) in [5.74, 6) is 0.670. The smallest absolute Gasteiger partial charge is 0.253 e. The zero-order valence-electron chi connectivity index (χ0n) is 18.5. The lowest BCUT2D eigenvalue weighted by Crippen LogP contribution is -2.32. The fourth-order valence-electron chi connectivity index (χ4n) is 3.75. The molecule has 0 spiro atoms. The summed E-state index contributed by atoms with van der Waals surface area (Å²) in [6, 6.07) is 21.3. The number of nitrogens with zero attached hydrogens (tertiary/aromatic N) is 2. The van der Waals surface area contributed by atoms with Crippen LogP contribution in [0.15, 0.2) is 66.7 Å². The lowest BCUT2D eigenvalue weighted by atomic mass is 10.0. The summed E-state index contributed by atoms with van der Waals surface area (Å²) >= 11 is 0. The van der Waals surface area contributed by atoms with E-state index in [9.17, 15) is 9.59 Å². The van der Waals surface area contributed by atoms with Gasteiger partial charge in [-0.1, -0.05) is 30.3 Å². The SMILES string of the molecule is COc1ccc(-c2ccc3c(c2)COCC(=O)N3Cc2ccc(C(=O)N(C)C)cc2)cc1. The normalized spacial score (nSPS) is 13.3. The molecule has 0 unspecified atom stereocenters. The summed E-state index contributed by atoms with van der Waals surface area (Å²) in [4.78, 5) is 28.2. The highest BCUT2D eigenvalue weighted by molar-refractivity contribution is 5.96. The Morgan fingerprint density at radius 1 is 0.969 bits per heavy atom. The Morgan fingerprint density at radius 3 is 2.31 bits per heavy atom. The Kier molecular flexibility index (Phi) is 6.23. The third-order valence-corrected chi connectivity index (χ3v) is 5.53. The second-order valence-corrected chi connectivity index (χ2v) is 7.94. The number of methoxy groups -OCH3 is 1. The van der Waals surface area contributed by atoms with Crippen molar-refractivity contribution in [1.29, 1.82) is 0 Å². The summed E-state index contributed by atoms with van der Waals surface area (Å²) in [6.45, 7) is 0.815. The van der Waals surface area contributed by atoms with E-state index in [0.717, 1.165) is 33.7 Å². The van der Waals surface area contributed by atoms with Gasteiger partial charge in [0.1, 0.15) is 12.4 Å². The maximum Gasteiger partial charge on any atom is 0.253 e. The van der Waals surface area contributed by atoms with Gasteiger partial charge in [0, 0.05) is 30.9 Å². The van der Waals surface area contributed by atoms with Crippen molar-refractivity contribution in [3.8, 4) is 16.9 Å². The van der Waals surface area contributed by atoms with Crippen LogP contribution >= 0.6 is 0 Å². The van der Waals surface area contributed by atoms with Gasteiger partial charge in [0.15, 0.2) is 0 Å². The maximum atomic E-state index is 12.8. The van der Waals surface area contributed by atoms with Gasteiger partial charge in [0.2, 0.25) is 0 Å². The minimum Gasteiger partial charge on any atom is -0.497 e. The molecule has 32 heavy (non-hydrogen) atoms. The summed E-state index contributed by atoms with van der Waals surface area (Å²) in [5.41, 5.74) is 5.49. The summed E-state index contributed by atoms with van der Waals surface area (Å²) in [6.07, 6.45) is 0. The number of ether oxygens (including phenoxy) is 2. The molecule has 0 aliphatic carbocycles. The topological polar surface area (TPSA) is 59.1 Å². The van der Waals surface area contributed by atoms with Crippen LogP contribution in [0, 0.1) is 0 Å². The molecule has 1 heterocycles. The van der Waals surface area contributed by atoms with E-state index in [2.05, 4.69) is 6.07 Å². The monoisotopic (exact) mass is 430 g/mol. The average molecular weight is 431 g/mol.